The molecule has 0 heterocycles. The van der Waals surface area contributed by atoms with Crippen LogP contribution in [0.25, 0.3) is 0 Å². The zero-order valence-corrected chi connectivity index (χ0v) is 15.3. The highest BCUT2D eigenvalue weighted by atomic mass is 16.4. The molecule has 2 unspecified atom stereocenters. The summed E-state index contributed by atoms with van der Waals surface area (Å²) < 4.78 is 0. The van der Waals surface area contributed by atoms with E-state index in [2.05, 4.69) is 25.9 Å². The number of carboxylic acid groups (broad SMARTS) is 1. The Kier molecular flexibility index (Phi) is 3.37. The second-order valence-electron chi connectivity index (χ2n) is 9.92. The summed E-state index contributed by atoms with van der Waals surface area (Å²) in [5.41, 5.74) is 0.0843. The van der Waals surface area contributed by atoms with E-state index in [0.717, 1.165) is 18.4 Å². The molecule has 0 aliphatic heterocycles. The van der Waals surface area contributed by atoms with E-state index >= 15 is 0 Å². The van der Waals surface area contributed by atoms with E-state index in [1.807, 2.05) is 13.8 Å². The van der Waals surface area contributed by atoms with Crippen LogP contribution in [0.4, 0.5) is 0 Å². The molecule has 1 saturated carbocycles. The molecule has 3 N–H and O–H groups in total. The summed E-state index contributed by atoms with van der Waals surface area (Å²) in [6.07, 6.45) is 3.47. The summed E-state index contributed by atoms with van der Waals surface area (Å²) in [7, 11) is 0. The van der Waals surface area contributed by atoms with Crippen molar-refractivity contribution in [1.82, 2.24) is 0 Å². The maximum atomic E-state index is 13.2. The monoisotopic (exact) mass is 332 g/mol. The molecule has 5 nitrogen and oxygen atoms in total. The van der Waals surface area contributed by atoms with Crippen LogP contribution in [0.2, 0.25) is 0 Å². The third kappa shape index (κ3) is 2.24. The van der Waals surface area contributed by atoms with Gasteiger partial charge in [0.2, 0.25) is 5.78 Å². The van der Waals surface area contributed by atoms with Gasteiger partial charge >= 0.3 is 5.97 Å². The van der Waals surface area contributed by atoms with E-state index in [-0.39, 0.29) is 16.6 Å². The molecule has 2 bridgehead atoms. The maximum absolute atomic E-state index is 13.2. The van der Waals surface area contributed by atoms with Crippen LogP contribution in [0.1, 0.15) is 66.7 Å². The zero-order valence-electron chi connectivity index (χ0n) is 15.3. The lowest BCUT2D eigenvalue weighted by Gasteiger charge is -2.57. The molecular weight excluding hydrogens is 304 g/mol. The Morgan fingerprint density at radius 1 is 1.08 bits per heavy atom. The van der Waals surface area contributed by atoms with Crippen molar-refractivity contribution in [1.29, 1.82) is 0 Å². The molecule has 3 aliphatic carbocycles. The van der Waals surface area contributed by atoms with E-state index in [1.165, 1.54) is 0 Å². The van der Waals surface area contributed by atoms with Gasteiger partial charge in [-0.05, 0) is 42.9 Å². The first kappa shape index (κ1) is 17.2. The number of ketones is 1. The average Bonchev–Trinajstić information content (AvgIpc) is 2.33. The number of carbonyl (C=O) groups is 2. The highest BCUT2D eigenvalue weighted by Gasteiger charge is 2.62. The van der Waals surface area contributed by atoms with Crippen LogP contribution in [-0.4, -0.2) is 22.6 Å². The lowest BCUT2D eigenvalue weighted by atomic mass is 9.45. The minimum Gasteiger partial charge on any atom is -0.481 e. The topological polar surface area (TPSA) is 92.8 Å². The summed E-state index contributed by atoms with van der Waals surface area (Å²) in [5.74, 6) is 4.39. The van der Waals surface area contributed by atoms with Crippen molar-refractivity contribution in [3.05, 3.63) is 11.1 Å². The summed E-state index contributed by atoms with van der Waals surface area (Å²) in [6.45, 7) is 10.3. The van der Waals surface area contributed by atoms with E-state index in [9.17, 15) is 14.7 Å². The second kappa shape index (κ2) is 4.70. The van der Waals surface area contributed by atoms with Crippen LogP contribution >= 0.6 is 0 Å². The Bertz CT molecular complexity index is 701. The van der Waals surface area contributed by atoms with Gasteiger partial charge in [-0.25, -0.2) is 0 Å². The highest BCUT2D eigenvalue weighted by molar-refractivity contribution is 6.49. The first-order valence-electron chi connectivity index (χ1n) is 8.65. The van der Waals surface area contributed by atoms with Crippen LogP contribution < -0.4 is 5.84 Å². The van der Waals surface area contributed by atoms with E-state index in [4.69, 9.17) is 5.84 Å². The summed E-state index contributed by atoms with van der Waals surface area (Å²) >= 11 is 0. The Balaban J connectivity index is 2.28. The predicted molar refractivity (Wildman–Crippen MR) is 92.5 cm³/mol. The molecule has 5 heteroatoms. The third-order valence-electron chi connectivity index (χ3n) is 6.16. The molecule has 1 fully saturated rings. The van der Waals surface area contributed by atoms with Gasteiger partial charge in [0.25, 0.3) is 0 Å². The number of hydrazone groups is 1. The van der Waals surface area contributed by atoms with E-state index in [0.29, 0.717) is 30.5 Å². The quantitative estimate of drug-likeness (QED) is 0.569. The van der Waals surface area contributed by atoms with Crippen molar-refractivity contribution in [2.24, 2.45) is 32.6 Å². The van der Waals surface area contributed by atoms with Crippen LogP contribution in [0, 0.1) is 21.7 Å². The molecule has 0 aromatic heterocycles. The van der Waals surface area contributed by atoms with E-state index in [1.54, 1.807) is 0 Å². The standard InChI is InChI=1S/C19H28N2O3/c1-16(2)8-18(5)7-11-6-17(3,4)14(21-20)13(22)12(11)19(9-16,10-18)15(23)24/h6-10,20H2,1-5H3,(H,23,24)/b21-14-. The lowest BCUT2D eigenvalue weighted by Crippen LogP contribution is -2.56. The molecule has 0 aromatic carbocycles. The number of nitrogens with zero attached hydrogens (tertiary/aromatic N) is 1. The largest absolute Gasteiger partial charge is 0.481 e. The molecule has 0 amide bonds. The zero-order chi connectivity index (χ0) is 18.1. The van der Waals surface area contributed by atoms with Crippen LogP contribution in [-0.2, 0) is 9.59 Å². The Morgan fingerprint density at radius 3 is 2.25 bits per heavy atom. The molecule has 132 valence electrons. The number of carboxylic acids is 1. The molecule has 3 aliphatic rings. The van der Waals surface area contributed by atoms with Gasteiger partial charge in [0, 0.05) is 11.0 Å². The lowest BCUT2D eigenvalue weighted by molar-refractivity contribution is -0.157. The fourth-order valence-corrected chi connectivity index (χ4v) is 6.20. The Morgan fingerprint density at radius 2 is 1.71 bits per heavy atom. The Hall–Kier alpha value is -1.65. The number of rotatable bonds is 1. The van der Waals surface area contributed by atoms with Crippen molar-refractivity contribution < 1.29 is 14.7 Å². The van der Waals surface area contributed by atoms with Gasteiger partial charge in [0.1, 0.15) is 5.71 Å². The van der Waals surface area contributed by atoms with Crippen molar-refractivity contribution in [3.63, 3.8) is 0 Å². The molecule has 2 atom stereocenters. The van der Waals surface area contributed by atoms with Gasteiger partial charge < -0.3 is 10.9 Å². The number of allylic oxidation sites excluding steroid dienone is 1. The first-order valence-corrected chi connectivity index (χ1v) is 8.65. The van der Waals surface area contributed by atoms with Crippen molar-refractivity contribution in [2.45, 2.75) is 66.7 Å². The SMILES string of the molecule is CC1(C)CC2(C)CC3=C(C(=O)/C(=N/N)C(C)(C)C3)C(C(=O)O)(C1)C2. The van der Waals surface area contributed by atoms with Crippen molar-refractivity contribution >= 4 is 17.5 Å². The number of nitrogens with two attached hydrogens (primary N) is 1. The van der Waals surface area contributed by atoms with Gasteiger partial charge in [0.15, 0.2) is 0 Å². The normalized spacial score (nSPS) is 38.9. The number of fused-ring (bicyclic) bond motifs is 3. The fraction of sp³-hybridized carbons (Fsp3) is 0.737. The van der Waals surface area contributed by atoms with Crippen LogP contribution in [0.5, 0.6) is 0 Å². The van der Waals surface area contributed by atoms with Crippen molar-refractivity contribution in [2.75, 3.05) is 0 Å². The molecule has 0 radical (unpaired) electrons. The van der Waals surface area contributed by atoms with Crippen LogP contribution in [0.3, 0.4) is 0 Å². The Labute approximate surface area is 143 Å². The average molecular weight is 332 g/mol. The number of hydrogen-bond acceptors (Lipinski definition) is 4. The van der Waals surface area contributed by atoms with Gasteiger partial charge in [-0.1, -0.05) is 40.2 Å². The minimum absolute atomic E-state index is 0.0767. The van der Waals surface area contributed by atoms with Gasteiger partial charge in [-0.15, -0.1) is 0 Å². The summed E-state index contributed by atoms with van der Waals surface area (Å²) in [6, 6.07) is 0. The molecule has 0 spiro atoms. The third-order valence-corrected chi connectivity index (χ3v) is 6.16. The van der Waals surface area contributed by atoms with Crippen molar-refractivity contribution in [3.8, 4) is 0 Å². The van der Waals surface area contributed by atoms with Crippen LogP contribution in [0.15, 0.2) is 16.2 Å². The smallest absolute Gasteiger partial charge is 0.314 e. The summed E-state index contributed by atoms with van der Waals surface area (Å²) in [5, 5.41) is 13.9. The maximum Gasteiger partial charge on any atom is 0.314 e. The number of hydrogen-bond donors (Lipinski definition) is 2. The number of aliphatic carboxylic acids is 1. The summed E-state index contributed by atoms with van der Waals surface area (Å²) in [4.78, 5) is 25.6. The van der Waals surface area contributed by atoms with Gasteiger partial charge in [-0.3, -0.25) is 9.59 Å². The molecule has 0 aromatic rings. The number of carbonyl (C=O) groups excluding carboxylic acids is 1. The molecular formula is C19H28N2O3. The minimum atomic E-state index is -1.10. The van der Waals surface area contributed by atoms with Gasteiger partial charge in [-0.2, -0.15) is 5.10 Å². The highest BCUT2D eigenvalue weighted by Crippen LogP contribution is 2.65. The first-order chi connectivity index (χ1) is 10.9. The molecule has 0 saturated heterocycles. The van der Waals surface area contributed by atoms with Gasteiger partial charge in [0.05, 0.1) is 5.41 Å². The number of Topliss-reactive ketones (excluding diaryl/α,β-unsaturated/α-hetero) is 1. The molecule has 24 heavy (non-hydrogen) atoms. The predicted octanol–water partition coefficient (Wildman–Crippen LogP) is 3.29. The molecule has 3 rings (SSSR count). The van der Waals surface area contributed by atoms with E-state index < -0.39 is 16.8 Å². The fourth-order valence-electron chi connectivity index (χ4n) is 6.20. The second-order valence-corrected chi connectivity index (χ2v) is 9.92.